The Kier molecular flexibility index (Phi) is 6.15. The fourth-order valence-electron chi connectivity index (χ4n) is 1.73. The van der Waals surface area contributed by atoms with Gasteiger partial charge in [-0.25, -0.2) is 4.68 Å². The first kappa shape index (κ1) is 17.9. The number of nitrogens with zero attached hydrogens (tertiary/aromatic N) is 3. The predicted octanol–water partition coefficient (Wildman–Crippen LogP) is 2.83. The summed E-state index contributed by atoms with van der Waals surface area (Å²) in [6.45, 7) is 4.70. The zero-order chi connectivity index (χ0) is 17.0. The van der Waals surface area contributed by atoms with E-state index in [1.54, 1.807) is 18.2 Å². The van der Waals surface area contributed by atoms with Gasteiger partial charge in [0, 0.05) is 17.1 Å². The number of aromatic nitrogens is 3. The summed E-state index contributed by atoms with van der Waals surface area (Å²) >= 11 is 13.3. The Hall–Kier alpha value is -1.44. The fraction of sp³-hybridized carbons (Fsp3) is 0.357. The van der Waals surface area contributed by atoms with Gasteiger partial charge in [-0.3, -0.25) is 4.79 Å². The minimum absolute atomic E-state index is 0.0750. The molecule has 0 saturated heterocycles. The van der Waals surface area contributed by atoms with Crippen molar-refractivity contribution in [1.82, 2.24) is 20.2 Å². The van der Waals surface area contributed by atoms with E-state index < -0.39 is 0 Å². The van der Waals surface area contributed by atoms with Crippen molar-refractivity contribution >= 4 is 40.9 Å². The lowest BCUT2D eigenvalue weighted by atomic mass is 10.2. The Labute approximate surface area is 148 Å². The summed E-state index contributed by atoms with van der Waals surface area (Å²) in [5.74, 6) is 6.93. The normalized spacial score (nSPS) is 11.0. The van der Waals surface area contributed by atoms with Crippen LogP contribution >= 0.6 is 35.0 Å². The lowest BCUT2D eigenvalue weighted by molar-refractivity contribution is -0.118. The van der Waals surface area contributed by atoms with Crippen molar-refractivity contribution in [2.24, 2.45) is 5.92 Å². The van der Waals surface area contributed by atoms with Gasteiger partial charge < -0.3 is 11.2 Å². The molecule has 2 aromatic rings. The third kappa shape index (κ3) is 4.76. The summed E-state index contributed by atoms with van der Waals surface area (Å²) in [6.07, 6.45) is 0. The molecule has 1 aromatic carbocycles. The van der Waals surface area contributed by atoms with E-state index in [9.17, 15) is 4.79 Å². The summed E-state index contributed by atoms with van der Waals surface area (Å²) in [5.41, 5.74) is 0.588. The summed E-state index contributed by atoms with van der Waals surface area (Å²) in [5, 5.41) is 12.3. The van der Waals surface area contributed by atoms with E-state index in [0.717, 1.165) is 0 Å². The molecule has 1 heterocycles. The molecule has 0 spiro atoms. The molecule has 9 heteroatoms. The molecule has 0 radical (unpaired) electrons. The Morgan fingerprint density at radius 1 is 1.39 bits per heavy atom. The lowest BCUT2D eigenvalue weighted by Gasteiger charge is -2.07. The average Bonchev–Trinajstić information content (AvgIpc) is 2.86. The van der Waals surface area contributed by atoms with Crippen molar-refractivity contribution in [3.05, 3.63) is 28.2 Å². The van der Waals surface area contributed by atoms with Crippen molar-refractivity contribution in [1.29, 1.82) is 0 Å². The maximum absolute atomic E-state index is 11.7. The van der Waals surface area contributed by atoms with Crippen molar-refractivity contribution < 1.29 is 4.79 Å². The second-order valence-electron chi connectivity index (χ2n) is 5.29. The SMILES string of the molecule is CC(C)CNC(=O)CSc1nnc(-c2cc(Cl)ccc2Cl)n1N. The van der Waals surface area contributed by atoms with Gasteiger partial charge in [0.25, 0.3) is 0 Å². The lowest BCUT2D eigenvalue weighted by Crippen LogP contribution is -2.29. The molecule has 0 aliphatic rings. The van der Waals surface area contributed by atoms with E-state index in [1.807, 2.05) is 13.8 Å². The number of thioether (sulfide) groups is 1. The quantitative estimate of drug-likeness (QED) is 0.600. The van der Waals surface area contributed by atoms with Gasteiger partial charge in [0.15, 0.2) is 5.82 Å². The van der Waals surface area contributed by atoms with E-state index in [-0.39, 0.29) is 11.7 Å². The highest BCUT2D eigenvalue weighted by molar-refractivity contribution is 7.99. The zero-order valence-electron chi connectivity index (χ0n) is 12.7. The van der Waals surface area contributed by atoms with E-state index in [1.165, 1.54) is 16.4 Å². The molecular formula is C14H17Cl2N5OS. The molecule has 0 aliphatic heterocycles. The third-order valence-corrected chi connectivity index (χ3v) is 4.38. The van der Waals surface area contributed by atoms with Gasteiger partial charge in [-0.2, -0.15) is 0 Å². The number of nitrogens with two attached hydrogens (primary N) is 1. The number of hydrogen-bond acceptors (Lipinski definition) is 5. The molecular weight excluding hydrogens is 357 g/mol. The van der Waals surface area contributed by atoms with Crippen molar-refractivity contribution in [3.8, 4) is 11.4 Å². The molecule has 0 atom stereocenters. The fourth-order valence-corrected chi connectivity index (χ4v) is 2.79. The molecule has 6 nitrogen and oxygen atoms in total. The Bertz CT molecular complexity index is 704. The molecule has 1 aromatic heterocycles. The maximum atomic E-state index is 11.7. The van der Waals surface area contributed by atoms with Crippen LogP contribution in [0.5, 0.6) is 0 Å². The van der Waals surface area contributed by atoms with Gasteiger partial charge in [-0.05, 0) is 24.1 Å². The molecule has 0 unspecified atom stereocenters. The van der Waals surface area contributed by atoms with Crippen molar-refractivity contribution in [2.45, 2.75) is 19.0 Å². The van der Waals surface area contributed by atoms with Crippen LogP contribution in [0.4, 0.5) is 0 Å². The third-order valence-electron chi connectivity index (χ3n) is 2.87. The summed E-state index contributed by atoms with van der Waals surface area (Å²) < 4.78 is 1.30. The molecule has 124 valence electrons. The monoisotopic (exact) mass is 373 g/mol. The first-order valence-electron chi connectivity index (χ1n) is 6.94. The Morgan fingerprint density at radius 2 is 2.13 bits per heavy atom. The number of rotatable bonds is 6. The van der Waals surface area contributed by atoms with E-state index in [2.05, 4.69) is 15.5 Å². The number of hydrogen-bond donors (Lipinski definition) is 2. The number of nitrogen functional groups attached to an aromatic ring is 1. The Morgan fingerprint density at radius 3 is 2.83 bits per heavy atom. The number of nitrogens with one attached hydrogen (secondary N) is 1. The zero-order valence-corrected chi connectivity index (χ0v) is 15.0. The molecule has 2 rings (SSSR count). The number of carbonyl (C=O) groups is 1. The molecule has 1 amide bonds. The molecule has 3 N–H and O–H groups in total. The standard InChI is InChI=1S/C14H17Cl2N5OS/c1-8(2)6-18-12(22)7-23-14-20-19-13(21(14)17)10-5-9(15)3-4-11(10)16/h3-5,8H,6-7,17H2,1-2H3,(H,18,22). The van der Waals surface area contributed by atoms with Crippen LogP contribution in [0, 0.1) is 5.92 Å². The first-order chi connectivity index (χ1) is 10.9. The topological polar surface area (TPSA) is 85.8 Å². The average molecular weight is 374 g/mol. The molecule has 0 fully saturated rings. The van der Waals surface area contributed by atoms with Gasteiger partial charge in [-0.1, -0.05) is 48.8 Å². The number of amides is 1. The predicted molar refractivity (Wildman–Crippen MR) is 94.2 cm³/mol. The maximum Gasteiger partial charge on any atom is 0.230 e. The van der Waals surface area contributed by atoms with Gasteiger partial charge in [0.2, 0.25) is 11.1 Å². The van der Waals surface area contributed by atoms with Crippen molar-refractivity contribution in [2.75, 3.05) is 18.1 Å². The molecule has 0 bridgehead atoms. The number of halogens is 2. The van der Waals surface area contributed by atoms with Crippen LogP contribution in [0.3, 0.4) is 0 Å². The van der Waals surface area contributed by atoms with Crippen molar-refractivity contribution in [3.63, 3.8) is 0 Å². The summed E-state index contributed by atoms with van der Waals surface area (Å²) in [7, 11) is 0. The smallest absolute Gasteiger partial charge is 0.230 e. The highest BCUT2D eigenvalue weighted by Gasteiger charge is 2.16. The summed E-state index contributed by atoms with van der Waals surface area (Å²) in [4.78, 5) is 11.7. The van der Waals surface area contributed by atoms with Crippen LogP contribution in [0.1, 0.15) is 13.8 Å². The van der Waals surface area contributed by atoms with Crippen LogP contribution in [0.2, 0.25) is 10.0 Å². The second-order valence-corrected chi connectivity index (χ2v) is 7.07. The van der Waals surface area contributed by atoms with Gasteiger partial charge in [0.05, 0.1) is 10.8 Å². The molecule has 0 aliphatic carbocycles. The van der Waals surface area contributed by atoms with Gasteiger partial charge in [0.1, 0.15) is 0 Å². The number of benzene rings is 1. The minimum Gasteiger partial charge on any atom is -0.355 e. The van der Waals surface area contributed by atoms with Gasteiger partial charge >= 0.3 is 0 Å². The Balaban J connectivity index is 2.08. The summed E-state index contributed by atoms with van der Waals surface area (Å²) in [6, 6.07) is 5.01. The van der Waals surface area contributed by atoms with Crippen LogP contribution in [0.15, 0.2) is 23.4 Å². The highest BCUT2D eigenvalue weighted by Crippen LogP contribution is 2.30. The van der Waals surface area contributed by atoms with E-state index in [0.29, 0.717) is 39.1 Å². The van der Waals surface area contributed by atoms with E-state index in [4.69, 9.17) is 29.0 Å². The molecule has 0 saturated carbocycles. The molecule has 23 heavy (non-hydrogen) atoms. The van der Waals surface area contributed by atoms with Gasteiger partial charge in [-0.15, -0.1) is 10.2 Å². The second kappa shape index (κ2) is 7.90. The van der Waals surface area contributed by atoms with Crippen LogP contribution < -0.4 is 11.2 Å². The largest absolute Gasteiger partial charge is 0.355 e. The van der Waals surface area contributed by atoms with Crippen LogP contribution in [-0.2, 0) is 4.79 Å². The first-order valence-corrected chi connectivity index (χ1v) is 8.68. The van der Waals surface area contributed by atoms with Crippen LogP contribution in [-0.4, -0.2) is 33.1 Å². The minimum atomic E-state index is -0.0750. The van der Waals surface area contributed by atoms with Crippen LogP contribution in [0.25, 0.3) is 11.4 Å². The van der Waals surface area contributed by atoms with E-state index >= 15 is 0 Å². The highest BCUT2D eigenvalue weighted by atomic mass is 35.5. The number of carbonyl (C=O) groups excluding carboxylic acids is 1.